The summed E-state index contributed by atoms with van der Waals surface area (Å²) in [4.78, 5) is 16.4. The van der Waals surface area contributed by atoms with Gasteiger partial charge in [-0.05, 0) is 24.6 Å². The van der Waals surface area contributed by atoms with Crippen molar-refractivity contribution in [2.75, 3.05) is 5.32 Å². The number of benzene rings is 1. The van der Waals surface area contributed by atoms with E-state index in [1.54, 1.807) is 0 Å². The predicted octanol–water partition coefficient (Wildman–Crippen LogP) is 2.49. The minimum Gasteiger partial charge on any atom is -0.619 e. The van der Waals surface area contributed by atoms with Crippen LogP contribution in [0.2, 0.25) is 0 Å². The van der Waals surface area contributed by atoms with Crippen LogP contribution in [0.1, 0.15) is 15.9 Å². The maximum Gasteiger partial charge on any atom is 0.257 e. The summed E-state index contributed by atoms with van der Waals surface area (Å²) in [6.07, 6.45) is 2.58. The number of amides is 1. The third-order valence-corrected chi connectivity index (χ3v) is 3.76. The Morgan fingerprint density at radius 1 is 1.30 bits per heavy atom. The average Bonchev–Trinajstić information content (AvgIpc) is 2.80. The van der Waals surface area contributed by atoms with E-state index < -0.39 is 0 Å². The number of aryl methyl sites for hydroxylation is 1. The number of rotatable bonds is 2. The molecule has 6 heteroatoms. The second-order valence-corrected chi connectivity index (χ2v) is 5.42. The first-order valence-electron chi connectivity index (χ1n) is 5.99. The molecule has 0 bridgehead atoms. The highest BCUT2D eigenvalue weighted by molar-refractivity contribution is 7.22. The Hall–Kier alpha value is -2.47. The molecule has 5 nitrogen and oxygen atoms in total. The van der Waals surface area contributed by atoms with Crippen LogP contribution in [0.15, 0.2) is 42.7 Å². The molecule has 0 saturated heterocycles. The summed E-state index contributed by atoms with van der Waals surface area (Å²) in [6, 6.07) is 8.89. The van der Waals surface area contributed by atoms with Crippen LogP contribution in [0.3, 0.4) is 0 Å². The molecular formula is C14H11N3O2S. The van der Waals surface area contributed by atoms with Gasteiger partial charge in [-0.25, -0.2) is 4.98 Å². The van der Waals surface area contributed by atoms with Gasteiger partial charge in [0.25, 0.3) is 5.91 Å². The van der Waals surface area contributed by atoms with E-state index in [1.165, 1.54) is 35.9 Å². The highest BCUT2D eigenvalue weighted by Crippen LogP contribution is 2.26. The van der Waals surface area contributed by atoms with Crippen LogP contribution in [-0.2, 0) is 0 Å². The predicted molar refractivity (Wildman–Crippen MR) is 77.7 cm³/mol. The molecule has 100 valence electrons. The first-order valence-corrected chi connectivity index (χ1v) is 6.81. The summed E-state index contributed by atoms with van der Waals surface area (Å²) in [7, 11) is 0. The molecule has 0 saturated carbocycles. The van der Waals surface area contributed by atoms with E-state index in [2.05, 4.69) is 10.3 Å². The Labute approximate surface area is 119 Å². The van der Waals surface area contributed by atoms with Gasteiger partial charge in [0.2, 0.25) is 0 Å². The molecule has 3 aromatic rings. The smallest absolute Gasteiger partial charge is 0.257 e. The Morgan fingerprint density at radius 2 is 2.05 bits per heavy atom. The Bertz CT molecular complexity index is 781. The third-order valence-electron chi connectivity index (χ3n) is 2.83. The van der Waals surface area contributed by atoms with Gasteiger partial charge in [-0.3, -0.25) is 10.1 Å². The Kier molecular flexibility index (Phi) is 3.08. The second kappa shape index (κ2) is 4.90. The highest BCUT2D eigenvalue weighted by Gasteiger charge is 2.10. The van der Waals surface area contributed by atoms with Gasteiger partial charge >= 0.3 is 0 Å². The van der Waals surface area contributed by atoms with Crippen molar-refractivity contribution < 1.29 is 9.52 Å². The lowest BCUT2D eigenvalue weighted by molar-refractivity contribution is -0.605. The lowest BCUT2D eigenvalue weighted by Crippen LogP contribution is -2.25. The van der Waals surface area contributed by atoms with Crippen LogP contribution in [0, 0.1) is 12.1 Å². The molecule has 3 rings (SSSR count). The van der Waals surface area contributed by atoms with Gasteiger partial charge in [-0.2, -0.15) is 4.73 Å². The molecule has 2 heterocycles. The quantitative estimate of drug-likeness (QED) is 0.581. The van der Waals surface area contributed by atoms with Crippen molar-refractivity contribution in [1.82, 2.24) is 4.98 Å². The minimum absolute atomic E-state index is 0.277. The van der Waals surface area contributed by atoms with Gasteiger partial charge in [-0.15, -0.1) is 0 Å². The lowest BCUT2D eigenvalue weighted by Gasteiger charge is -2.00. The molecule has 1 N–H and O–H groups in total. The largest absolute Gasteiger partial charge is 0.619 e. The van der Waals surface area contributed by atoms with E-state index in [4.69, 9.17) is 0 Å². The molecule has 0 aliphatic carbocycles. The van der Waals surface area contributed by atoms with Gasteiger partial charge in [0, 0.05) is 12.1 Å². The molecule has 0 unspecified atom stereocenters. The number of nitrogens with one attached hydrogen (secondary N) is 1. The molecule has 1 aromatic carbocycles. The fraction of sp³-hybridized carbons (Fsp3) is 0.0714. The fourth-order valence-electron chi connectivity index (χ4n) is 1.82. The Balaban J connectivity index is 1.85. The van der Waals surface area contributed by atoms with Crippen molar-refractivity contribution in [3.8, 4) is 0 Å². The number of anilines is 1. The summed E-state index contributed by atoms with van der Waals surface area (Å²) in [5, 5.41) is 14.2. The number of thiazole rings is 1. The van der Waals surface area contributed by atoms with E-state index >= 15 is 0 Å². The molecule has 0 aliphatic heterocycles. The van der Waals surface area contributed by atoms with Crippen LogP contribution < -0.4 is 10.0 Å². The van der Waals surface area contributed by atoms with Gasteiger partial charge in [0.15, 0.2) is 17.5 Å². The molecule has 1 amide bonds. The normalized spacial score (nSPS) is 10.7. The van der Waals surface area contributed by atoms with Crippen molar-refractivity contribution in [3.05, 3.63) is 59.1 Å². The molecule has 0 spiro atoms. The summed E-state index contributed by atoms with van der Waals surface area (Å²) in [6.45, 7) is 2.01. The number of nitrogens with zero attached hydrogens (tertiary/aromatic N) is 2. The molecule has 0 aliphatic rings. The van der Waals surface area contributed by atoms with Crippen LogP contribution in [0.5, 0.6) is 0 Å². The monoisotopic (exact) mass is 285 g/mol. The summed E-state index contributed by atoms with van der Waals surface area (Å²) >= 11 is 1.43. The van der Waals surface area contributed by atoms with Crippen LogP contribution in [-0.4, -0.2) is 10.9 Å². The number of hydrogen-bond donors (Lipinski definition) is 1. The van der Waals surface area contributed by atoms with Crippen molar-refractivity contribution in [3.63, 3.8) is 0 Å². The van der Waals surface area contributed by atoms with Crippen LogP contribution in [0.25, 0.3) is 10.2 Å². The van der Waals surface area contributed by atoms with Gasteiger partial charge < -0.3 is 5.21 Å². The van der Waals surface area contributed by atoms with Gasteiger partial charge in [-0.1, -0.05) is 17.4 Å². The summed E-state index contributed by atoms with van der Waals surface area (Å²) in [5.74, 6) is -0.277. The standard InChI is InChI=1S/C14H11N3O2S/c1-9-2-3-11-12(8-9)20-14(15-11)16-13(18)10-4-6-17(19)7-5-10/h2-8H,1H3,(H,15,16,18). The summed E-state index contributed by atoms with van der Waals surface area (Å²) in [5.41, 5.74) is 2.44. The second-order valence-electron chi connectivity index (χ2n) is 4.39. The number of hydrogen-bond acceptors (Lipinski definition) is 4. The topological polar surface area (TPSA) is 68.9 Å². The number of carbonyl (C=O) groups excluding carboxylic acids is 1. The van der Waals surface area contributed by atoms with E-state index in [0.29, 0.717) is 15.4 Å². The number of pyridine rings is 1. The van der Waals surface area contributed by atoms with Crippen molar-refractivity contribution >= 4 is 32.6 Å². The molecule has 0 radical (unpaired) electrons. The van der Waals surface area contributed by atoms with E-state index in [9.17, 15) is 10.0 Å². The molecule has 0 fully saturated rings. The van der Waals surface area contributed by atoms with Crippen LogP contribution in [0.4, 0.5) is 5.13 Å². The zero-order valence-electron chi connectivity index (χ0n) is 10.7. The van der Waals surface area contributed by atoms with E-state index in [-0.39, 0.29) is 5.91 Å². The van der Waals surface area contributed by atoms with Crippen molar-refractivity contribution in [2.24, 2.45) is 0 Å². The fourth-order valence-corrected chi connectivity index (χ4v) is 2.78. The summed E-state index contributed by atoms with van der Waals surface area (Å²) < 4.78 is 1.67. The molecule has 2 aromatic heterocycles. The van der Waals surface area contributed by atoms with Crippen molar-refractivity contribution in [1.29, 1.82) is 0 Å². The van der Waals surface area contributed by atoms with Crippen molar-refractivity contribution in [2.45, 2.75) is 6.92 Å². The van der Waals surface area contributed by atoms with Gasteiger partial charge in [0.05, 0.1) is 15.8 Å². The minimum atomic E-state index is -0.277. The lowest BCUT2D eigenvalue weighted by atomic mass is 10.2. The first-order chi connectivity index (χ1) is 9.61. The number of fused-ring (bicyclic) bond motifs is 1. The Morgan fingerprint density at radius 3 is 2.80 bits per heavy atom. The first kappa shape index (κ1) is 12.6. The number of carbonyl (C=O) groups is 1. The molecule has 20 heavy (non-hydrogen) atoms. The maximum absolute atomic E-state index is 12.0. The highest BCUT2D eigenvalue weighted by atomic mass is 32.1. The van der Waals surface area contributed by atoms with Gasteiger partial charge in [0.1, 0.15) is 0 Å². The maximum atomic E-state index is 12.0. The van der Waals surface area contributed by atoms with Crippen LogP contribution >= 0.6 is 11.3 Å². The SMILES string of the molecule is Cc1ccc2nc(NC(=O)c3cc[n+]([O-])cc3)sc2c1. The molecule has 0 atom stereocenters. The zero-order chi connectivity index (χ0) is 14.1. The van der Waals surface area contributed by atoms with E-state index in [0.717, 1.165) is 15.8 Å². The molecular weight excluding hydrogens is 274 g/mol. The third kappa shape index (κ3) is 2.46. The average molecular weight is 285 g/mol. The zero-order valence-corrected chi connectivity index (χ0v) is 11.5. The van der Waals surface area contributed by atoms with E-state index in [1.807, 2.05) is 25.1 Å². The number of aromatic nitrogens is 2.